The van der Waals surface area contributed by atoms with E-state index >= 15 is 0 Å². The number of nitrogens with one attached hydrogen (secondary N) is 1. The van der Waals surface area contributed by atoms with Gasteiger partial charge in [0.25, 0.3) is 0 Å². The summed E-state index contributed by atoms with van der Waals surface area (Å²) in [6.45, 7) is 24.3. The second kappa shape index (κ2) is 27.6. The molecule has 0 aliphatic carbocycles. The molecule has 5 heterocycles. The molecule has 0 radical (unpaired) electrons. The van der Waals surface area contributed by atoms with Crippen LogP contribution in [0.25, 0.3) is 0 Å². The average molecular weight is 1020 g/mol. The molecule has 3 fully saturated rings. The van der Waals surface area contributed by atoms with E-state index < -0.39 is 11.2 Å². The summed E-state index contributed by atoms with van der Waals surface area (Å²) in [5.74, 6) is 0. The van der Waals surface area contributed by atoms with Crippen LogP contribution < -0.4 is 20.0 Å². The van der Waals surface area contributed by atoms with Gasteiger partial charge in [-0.15, -0.1) is 6.58 Å². The molecule has 19 nitrogen and oxygen atoms in total. The van der Waals surface area contributed by atoms with Gasteiger partial charge in [-0.3, -0.25) is 0 Å². The highest BCUT2D eigenvalue weighted by molar-refractivity contribution is 6.69. The van der Waals surface area contributed by atoms with Crippen LogP contribution in [0.5, 0.6) is 0 Å². The first kappa shape index (κ1) is 56.8. The van der Waals surface area contributed by atoms with E-state index in [4.69, 9.17) is 51.3 Å². The van der Waals surface area contributed by atoms with Crippen LogP contribution >= 0.6 is 11.6 Å². The van der Waals surface area contributed by atoms with Gasteiger partial charge in [0.05, 0.1) is 31.2 Å². The Morgan fingerprint density at radius 3 is 1.31 bits per heavy atom. The Balaban J connectivity index is 0.000000195. The quantitative estimate of drug-likeness (QED) is 0.0710. The van der Waals surface area contributed by atoms with Gasteiger partial charge in [0.2, 0.25) is 0 Å². The van der Waals surface area contributed by atoms with Gasteiger partial charge in [0, 0.05) is 114 Å². The van der Waals surface area contributed by atoms with Gasteiger partial charge in [0.15, 0.2) is 17.4 Å². The van der Waals surface area contributed by atoms with Crippen molar-refractivity contribution in [2.75, 3.05) is 113 Å². The molecule has 394 valence electrons. The number of hydrogen-bond donors (Lipinski definition) is 5. The van der Waals surface area contributed by atoms with E-state index in [9.17, 15) is 9.59 Å². The standard InChI is InChI=1S/C19H27N3O4.C16H22ClN3O3.C14H19N3O2.C3H6O/c1-19(2,3)25-18(24)22-10-8-21(9-11-22)15-6-4-14(5-7-15)17-12-16(13-23)26-20-17;1-16(2,3)23-15(21)20-10-8-19(9-11-20)13-6-4-12(5-7-13)14(17)18-22;18-10-13-9-14(16-19-13)11-1-3-12(4-2-11)17-7-5-15-6-8-17;1-2-3-4/h4-7,16,23H,8-13H2,1-3H3;4-7,22H,8-11H2,1-3H3;1-4,13,15,18H,5-10H2;2,4H,1,3H2/b;18-14-;;. The number of nitrogens with zero attached hydrogens (tertiary/aromatic N) is 8. The smallest absolute Gasteiger partial charge is 0.410 e. The van der Waals surface area contributed by atoms with Gasteiger partial charge >= 0.3 is 12.2 Å². The minimum absolute atomic E-state index is 0.0197. The highest BCUT2D eigenvalue weighted by atomic mass is 35.5. The predicted octanol–water partition coefficient (Wildman–Crippen LogP) is 6.09. The lowest BCUT2D eigenvalue weighted by Gasteiger charge is -2.36. The Morgan fingerprint density at radius 1 is 0.653 bits per heavy atom. The molecule has 5 N–H and O–H groups in total. The molecule has 72 heavy (non-hydrogen) atoms. The summed E-state index contributed by atoms with van der Waals surface area (Å²) in [5.41, 5.74) is 7.01. The summed E-state index contributed by atoms with van der Waals surface area (Å²) in [4.78, 5) is 44.8. The molecule has 5 aliphatic rings. The highest BCUT2D eigenvalue weighted by Gasteiger charge is 2.28. The van der Waals surface area contributed by atoms with Crippen molar-refractivity contribution in [3.63, 3.8) is 0 Å². The van der Waals surface area contributed by atoms with Gasteiger partial charge < -0.3 is 69.5 Å². The van der Waals surface area contributed by atoms with Crippen molar-refractivity contribution in [1.82, 2.24) is 15.1 Å². The number of benzene rings is 3. The third-order valence-electron chi connectivity index (χ3n) is 11.7. The molecule has 0 aromatic heterocycles. The minimum Gasteiger partial charge on any atom is -0.444 e. The Hall–Kier alpha value is -6.12. The van der Waals surface area contributed by atoms with Gasteiger partial charge in [-0.1, -0.05) is 57.4 Å². The van der Waals surface area contributed by atoms with E-state index in [1.807, 2.05) is 65.8 Å². The van der Waals surface area contributed by atoms with Crippen molar-refractivity contribution in [2.45, 2.75) is 77.8 Å². The largest absolute Gasteiger partial charge is 0.444 e. The van der Waals surface area contributed by atoms with Crippen molar-refractivity contribution >= 4 is 57.4 Å². The lowest BCUT2D eigenvalue weighted by atomic mass is 10.0. The third-order valence-corrected chi connectivity index (χ3v) is 12.0. The van der Waals surface area contributed by atoms with Gasteiger partial charge in [-0.2, -0.15) is 0 Å². The molecule has 2 atom stereocenters. The van der Waals surface area contributed by atoms with Gasteiger partial charge in [-0.25, -0.2) is 9.59 Å². The maximum absolute atomic E-state index is 12.1. The molecular formula is C52H74ClN9O10. The summed E-state index contributed by atoms with van der Waals surface area (Å²) in [5, 5.41) is 49.0. The lowest BCUT2D eigenvalue weighted by Crippen LogP contribution is -2.50. The van der Waals surface area contributed by atoms with Crippen LogP contribution in [-0.2, 0) is 19.1 Å². The van der Waals surface area contributed by atoms with E-state index in [1.165, 1.54) is 11.8 Å². The topological polar surface area (TPSA) is 217 Å². The Bertz CT molecular complexity index is 2250. The first-order valence-electron chi connectivity index (χ1n) is 24.4. The fourth-order valence-corrected chi connectivity index (χ4v) is 7.99. The predicted molar refractivity (Wildman–Crippen MR) is 282 cm³/mol. The summed E-state index contributed by atoms with van der Waals surface area (Å²) in [6, 6.07) is 24.1. The SMILES string of the molecule is C=CCO.CC(C)(C)OC(=O)N1CCN(c2ccc(/C(Cl)=N/O)cc2)CC1.CC(C)(C)OC(=O)N1CCN(c2ccc(C3=NOC(CO)C3)cc2)CC1.OCC1CC(c2ccc(N3CCNCC3)cc2)=NO1. The van der Waals surface area contributed by atoms with Crippen LogP contribution in [0.15, 0.2) is 101 Å². The van der Waals surface area contributed by atoms with Crippen molar-refractivity contribution in [2.24, 2.45) is 15.5 Å². The average Bonchev–Trinajstić information content (AvgIpc) is 4.10. The monoisotopic (exact) mass is 1020 g/mol. The van der Waals surface area contributed by atoms with Crippen molar-refractivity contribution in [1.29, 1.82) is 0 Å². The van der Waals surface area contributed by atoms with E-state index in [0.717, 1.165) is 86.3 Å². The van der Waals surface area contributed by atoms with Crippen molar-refractivity contribution in [3.05, 3.63) is 102 Å². The summed E-state index contributed by atoms with van der Waals surface area (Å²) < 4.78 is 10.8. The van der Waals surface area contributed by atoms with Crippen LogP contribution in [0.4, 0.5) is 26.7 Å². The first-order chi connectivity index (χ1) is 34.4. The summed E-state index contributed by atoms with van der Waals surface area (Å²) in [6.07, 6.45) is 1.82. The molecule has 3 saturated heterocycles. The molecule has 0 bridgehead atoms. The first-order valence-corrected chi connectivity index (χ1v) is 24.8. The molecule has 2 amide bonds. The Morgan fingerprint density at radius 2 is 1.00 bits per heavy atom. The zero-order chi connectivity index (χ0) is 52.3. The lowest BCUT2D eigenvalue weighted by molar-refractivity contribution is 0.0230. The molecule has 5 aliphatic heterocycles. The van der Waals surface area contributed by atoms with E-state index in [0.29, 0.717) is 44.6 Å². The number of oxime groups is 3. The molecule has 2 unspecified atom stereocenters. The van der Waals surface area contributed by atoms with Crippen molar-refractivity contribution in [3.8, 4) is 0 Å². The molecular weight excluding hydrogens is 946 g/mol. The number of piperazine rings is 3. The van der Waals surface area contributed by atoms with E-state index in [1.54, 1.807) is 21.9 Å². The molecule has 3 aromatic rings. The van der Waals surface area contributed by atoms with E-state index in [2.05, 4.69) is 78.5 Å². The minimum atomic E-state index is -0.475. The number of halogens is 1. The van der Waals surface area contributed by atoms with Gasteiger partial charge in [-0.05, 0) is 101 Å². The molecule has 0 saturated carbocycles. The number of aliphatic hydroxyl groups excluding tert-OH is 3. The Kier molecular flexibility index (Phi) is 21.8. The maximum Gasteiger partial charge on any atom is 0.410 e. The third kappa shape index (κ3) is 17.9. The zero-order valence-electron chi connectivity index (χ0n) is 42.6. The fourth-order valence-electron chi connectivity index (χ4n) is 7.86. The number of amides is 2. The number of carbonyl (C=O) groups is 2. The number of hydrogen-bond acceptors (Lipinski definition) is 17. The molecule has 0 spiro atoms. The van der Waals surface area contributed by atoms with Crippen LogP contribution in [0, 0.1) is 0 Å². The van der Waals surface area contributed by atoms with Crippen LogP contribution in [0.3, 0.4) is 0 Å². The van der Waals surface area contributed by atoms with Crippen LogP contribution in [0.1, 0.15) is 71.1 Å². The Labute approximate surface area is 428 Å². The number of ether oxygens (including phenoxy) is 2. The number of aliphatic hydroxyl groups is 3. The van der Waals surface area contributed by atoms with Crippen molar-refractivity contribution < 1.29 is 49.3 Å². The van der Waals surface area contributed by atoms with Crippen LogP contribution in [0.2, 0.25) is 0 Å². The molecule has 20 heteroatoms. The van der Waals surface area contributed by atoms with Crippen LogP contribution in [-0.4, -0.2) is 181 Å². The molecule has 8 rings (SSSR count). The zero-order valence-corrected chi connectivity index (χ0v) is 43.3. The normalized spacial score (nSPS) is 19.1. The second-order valence-corrected chi connectivity index (χ2v) is 19.8. The fraction of sp³-hybridized carbons (Fsp3) is 0.519. The highest BCUT2D eigenvalue weighted by Crippen LogP contribution is 2.24. The number of carbonyl (C=O) groups excluding carboxylic acids is 2. The summed E-state index contributed by atoms with van der Waals surface area (Å²) >= 11 is 5.76. The van der Waals surface area contributed by atoms with E-state index in [-0.39, 0.29) is 49.4 Å². The molecule has 3 aromatic carbocycles. The number of anilines is 3. The number of rotatable bonds is 9. The maximum atomic E-state index is 12.1. The second-order valence-electron chi connectivity index (χ2n) is 19.5. The summed E-state index contributed by atoms with van der Waals surface area (Å²) in [7, 11) is 0. The van der Waals surface area contributed by atoms with Gasteiger partial charge in [0.1, 0.15) is 11.2 Å².